The minimum absolute atomic E-state index is 0.0188. The smallest absolute Gasteiger partial charge is 0.298 e. The number of fused-ring (bicyclic) bond motifs is 4. The first-order valence-electron chi connectivity index (χ1n) is 17.1. The van der Waals surface area contributed by atoms with Crippen LogP contribution in [-0.2, 0) is 19.2 Å². The zero-order valence-electron chi connectivity index (χ0n) is 29.4. The van der Waals surface area contributed by atoms with Gasteiger partial charge in [-0.05, 0) is 65.4 Å². The number of aromatic nitrogens is 1. The number of amides is 5. The van der Waals surface area contributed by atoms with Crippen molar-refractivity contribution < 1.29 is 33.5 Å². The molecule has 4 aromatic carbocycles. The van der Waals surface area contributed by atoms with Crippen LogP contribution in [0.4, 0.5) is 17.1 Å². The number of nitrogens with two attached hydrogens (primary N) is 1. The van der Waals surface area contributed by atoms with Crippen molar-refractivity contribution in [3.63, 3.8) is 0 Å². The van der Waals surface area contributed by atoms with E-state index in [1.807, 2.05) is 24.3 Å². The number of aromatic amines is 1. The van der Waals surface area contributed by atoms with Crippen molar-refractivity contribution in [2.75, 3.05) is 40.5 Å². The summed E-state index contributed by atoms with van der Waals surface area (Å²) in [6, 6.07) is 21.9. The van der Waals surface area contributed by atoms with E-state index in [1.54, 1.807) is 73.3 Å². The second kappa shape index (κ2) is 16.3. The molecule has 1 aromatic heterocycles. The van der Waals surface area contributed by atoms with Crippen LogP contribution in [0.25, 0.3) is 21.7 Å². The van der Waals surface area contributed by atoms with E-state index in [-0.39, 0.29) is 36.7 Å². The average molecular weight is 797 g/mol. The van der Waals surface area contributed by atoms with Gasteiger partial charge in [0, 0.05) is 57.1 Å². The van der Waals surface area contributed by atoms with Gasteiger partial charge in [-0.2, -0.15) is 0 Å². The Morgan fingerprint density at radius 3 is 2.35 bits per heavy atom. The number of halogens is 1. The molecule has 5 aromatic rings. The number of hydrogen-bond acceptors (Lipinski definition) is 8. The molecular weight excluding hydrogens is 758 g/mol. The van der Waals surface area contributed by atoms with Crippen molar-refractivity contribution in [2.45, 2.75) is 25.8 Å². The predicted molar refractivity (Wildman–Crippen MR) is 209 cm³/mol. The Labute approximate surface area is 318 Å². The Bertz CT molecular complexity index is 2270. The molecule has 0 saturated carbocycles. The summed E-state index contributed by atoms with van der Waals surface area (Å²) in [5, 5.41) is 13.9. The minimum Gasteiger partial charge on any atom is -0.428 e. The molecule has 14 nitrogen and oxygen atoms in total. The Morgan fingerprint density at radius 1 is 0.944 bits per heavy atom. The maximum absolute atomic E-state index is 14.0. The molecule has 7 N–H and O–H groups in total. The summed E-state index contributed by atoms with van der Waals surface area (Å²) in [6.07, 6.45) is 0. The van der Waals surface area contributed by atoms with E-state index in [0.29, 0.717) is 63.3 Å². The van der Waals surface area contributed by atoms with Crippen LogP contribution in [0.3, 0.4) is 0 Å². The number of carbonyl (C=O) groups excluding carboxylic acids is 6. The molecule has 54 heavy (non-hydrogen) atoms. The van der Waals surface area contributed by atoms with Crippen LogP contribution in [0, 0.1) is 5.92 Å². The zero-order valence-corrected chi connectivity index (χ0v) is 31.0. The molecule has 1 aliphatic heterocycles. The number of nitrogens with one attached hydrogen (secondary N) is 5. The largest absolute Gasteiger partial charge is 0.428 e. The highest BCUT2D eigenvalue weighted by Gasteiger charge is 2.35. The second-order valence-corrected chi connectivity index (χ2v) is 13.8. The molecule has 0 spiro atoms. The molecule has 2 heterocycles. The highest BCUT2D eigenvalue weighted by atomic mass is 79.9. The molecular formula is C39H38BrN7O7. The summed E-state index contributed by atoms with van der Waals surface area (Å²) in [5.41, 5.74) is 9.17. The third-order valence-electron chi connectivity index (χ3n) is 9.14. The lowest BCUT2D eigenvalue weighted by molar-refractivity contribution is -0.127. The van der Waals surface area contributed by atoms with Gasteiger partial charge in [0.15, 0.2) is 0 Å². The Morgan fingerprint density at radius 2 is 1.67 bits per heavy atom. The topological polar surface area (TPSA) is 205 Å². The van der Waals surface area contributed by atoms with Crippen molar-refractivity contribution in [1.29, 1.82) is 0 Å². The van der Waals surface area contributed by atoms with Gasteiger partial charge in [0.05, 0.1) is 24.8 Å². The van der Waals surface area contributed by atoms with Crippen LogP contribution < -0.4 is 36.6 Å². The molecule has 1 aliphatic rings. The molecule has 0 bridgehead atoms. The lowest BCUT2D eigenvalue weighted by atomic mass is 9.95. The molecule has 5 amide bonds. The SMILES string of the molecule is CC(C)[C@H](NCC(N)=O)C(=O)NCC(=O)Nc1ccc(C(=O)Nc2ccc3[nH]c(C(=O)N4CC(CBr)c5c4cc(OC=O)c4ccccc54)cc3c2)cc1. The minimum atomic E-state index is -0.701. The van der Waals surface area contributed by atoms with E-state index < -0.39 is 23.8 Å². The number of rotatable bonds is 14. The highest BCUT2D eigenvalue weighted by Crippen LogP contribution is 2.46. The van der Waals surface area contributed by atoms with Gasteiger partial charge >= 0.3 is 0 Å². The number of H-pyrrole nitrogens is 1. The third-order valence-corrected chi connectivity index (χ3v) is 9.92. The van der Waals surface area contributed by atoms with Crippen molar-refractivity contribution in [3.8, 4) is 5.75 Å². The van der Waals surface area contributed by atoms with Crippen LogP contribution in [0.5, 0.6) is 5.75 Å². The summed E-state index contributed by atoms with van der Waals surface area (Å²) in [7, 11) is 0. The fourth-order valence-electron chi connectivity index (χ4n) is 6.58. The van der Waals surface area contributed by atoms with E-state index in [4.69, 9.17) is 10.5 Å². The first-order valence-corrected chi connectivity index (χ1v) is 18.3. The second-order valence-electron chi connectivity index (χ2n) is 13.2. The molecule has 0 aliphatic carbocycles. The van der Waals surface area contributed by atoms with Gasteiger partial charge in [0.2, 0.25) is 17.7 Å². The van der Waals surface area contributed by atoms with Crippen molar-refractivity contribution in [3.05, 3.63) is 95.7 Å². The molecule has 1 unspecified atom stereocenters. The number of hydrogen-bond donors (Lipinski definition) is 6. The fraction of sp³-hybridized carbons (Fsp3) is 0.231. The molecule has 278 valence electrons. The number of carbonyl (C=O) groups is 6. The van der Waals surface area contributed by atoms with E-state index in [1.165, 1.54) is 0 Å². The predicted octanol–water partition coefficient (Wildman–Crippen LogP) is 4.40. The highest BCUT2D eigenvalue weighted by molar-refractivity contribution is 9.09. The van der Waals surface area contributed by atoms with Crippen LogP contribution in [-0.4, -0.2) is 72.0 Å². The van der Waals surface area contributed by atoms with Crippen LogP contribution in [0.15, 0.2) is 78.9 Å². The van der Waals surface area contributed by atoms with Gasteiger partial charge in [0.1, 0.15) is 11.4 Å². The van der Waals surface area contributed by atoms with Gasteiger partial charge in [-0.1, -0.05) is 54.0 Å². The molecule has 0 fully saturated rings. The monoisotopic (exact) mass is 795 g/mol. The summed E-state index contributed by atoms with van der Waals surface area (Å²) < 4.78 is 5.32. The lowest BCUT2D eigenvalue weighted by Gasteiger charge is -2.20. The van der Waals surface area contributed by atoms with Crippen molar-refractivity contribution in [1.82, 2.24) is 15.6 Å². The number of alkyl halides is 1. The van der Waals surface area contributed by atoms with Gasteiger partial charge in [-0.3, -0.25) is 34.1 Å². The van der Waals surface area contributed by atoms with E-state index in [9.17, 15) is 28.8 Å². The van der Waals surface area contributed by atoms with E-state index >= 15 is 0 Å². The fourth-order valence-corrected chi connectivity index (χ4v) is 7.11. The Balaban J connectivity index is 1.10. The van der Waals surface area contributed by atoms with Gasteiger partial charge in [0.25, 0.3) is 18.3 Å². The number of ether oxygens (including phenoxy) is 1. The van der Waals surface area contributed by atoms with Gasteiger partial charge in [-0.25, -0.2) is 0 Å². The molecule has 0 radical (unpaired) electrons. The molecule has 6 rings (SSSR count). The normalized spacial score (nSPS) is 14.1. The number of nitrogens with zero attached hydrogens (tertiary/aromatic N) is 1. The molecule has 2 atom stereocenters. The van der Waals surface area contributed by atoms with Crippen molar-refractivity contribution in [2.24, 2.45) is 11.7 Å². The van der Waals surface area contributed by atoms with Crippen LogP contribution in [0.2, 0.25) is 0 Å². The summed E-state index contributed by atoms with van der Waals surface area (Å²) in [5.74, 6) is -1.90. The van der Waals surface area contributed by atoms with Gasteiger partial charge in [-0.15, -0.1) is 0 Å². The quantitative estimate of drug-likeness (QED) is 0.0701. The van der Waals surface area contributed by atoms with Gasteiger partial charge < -0.3 is 36.3 Å². The number of primary amides is 1. The average Bonchev–Trinajstić information content (AvgIpc) is 3.75. The lowest BCUT2D eigenvalue weighted by Crippen LogP contribution is -2.51. The maximum atomic E-state index is 14.0. The van der Waals surface area contributed by atoms with E-state index in [0.717, 1.165) is 16.3 Å². The third kappa shape index (κ3) is 8.11. The van der Waals surface area contributed by atoms with Crippen LogP contribution in [0.1, 0.15) is 46.2 Å². The number of benzene rings is 4. The molecule has 0 saturated heterocycles. The van der Waals surface area contributed by atoms with E-state index in [2.05, 4.69) is 42.2 Å². The summed E-state index contributed by atoms with van der Waals surface area (Å²) >= 11 is 3.61. The first-order chi connectivity index (χ1) is 26.0. The standard InChI is InChI=1S/C39H38BrN7O7/c1-21(2)36(42-17-33(41)49)38(52)43-18-34(50)44-25-9-7-22(8-10-25)37(51)45-26-11-12-29-23(13-26)14-30(46-29)39(53)47-19-24(16-40)35-28-6-4-3-5-27(28)32(54-20-48)15-31(35)47/h3-15,20-21,24,36,42,46H,16-19H2,1-2H3,(H2,41,49)(H,43,52)(H,44,50)(H,45,51)/t24?,36-/m0/s1. The first kappa shape index (κ1) is 37.7. The van der Waals surface area contributed by atoms with Crippen molar-refractivity contribution >= 4 is 90.7 Å². The number of anilines is 3. The van der Waals surface area contributed by atoms with Crippen LogP contribution >= 0.6 is 15.9 Å². The zero-order chi connectivity index (χ0) is 38.5. The Hall–Kier alpha value is -6.06. The Kier molecular flexibility index (Phi) is 11.4. The summed E-state index contributed by atoms with van der Waals surface area (Å²) in [6.45, 7) is 3.95. The maximum Gasteiger partial charge on any atom is 0.298 e. The molecule has 15 heteroatoms. The summed E-state index contributed by atoms with van der Waals surface area (Å²) in [4.78, 5) is 79.4.